The summed E-state index contributed by atoms with van der Waals surface area (Å²) in [7, 11) is 0. The van der Waals surface area contributed by atoms with E-state index in [9.17, 15) is 4.79 Å². The van der Waals surface area contributed by atoms with E-state index in [-0.39, 0.29) is 11.6 Å². The van der Waals surface area contributed by atoms with Gasteiger partial charge in [0, 0.05) is 12.6 Å². The maximum atomic E-state index is 12.3. The highest BCUT2D eigenvalue weighted by Crippen LogP contribution is 2.36. The van der Waals surface area contributed by atoms with Crippen LogP contribution in [0.3, 0.4) is 0 Å². The molecule has 8 heteroatoms. The summed E-state index contributed by atoms with van der Waals surface area (Å²) in [6.07, 6.45) is 2.21. The molecule has 1 aliphatic heterocycles. The van der Waals surface area contributed by atoms with Gasteiger partial charge in [0.15, 0.2) is 0 Å². The summed E-state index contributed by atoms with van der Waals surface area (Å²) in [4.78, 5) is 28.3. The Hall–Kier alpha value is -2.58. The molecule has 5 rings (SSSR count). The number of para-hydroxylation sites is 1. The van der Waals surface area contributed by atoms with E-state index in [1.165, 1.54) is 9.22 Å². The van der Waals surface area contributed by atoms with Gasteiger partial charge in [0.05, 0.1) is 22.0 Å². The lowest BCUT2D eigenvalue weighted by molar-refractivity contribution is 0.245. The molecule has 1 unspecified atom stereocenters. The van der Waals surface area contributed by atoms with Gasteiger partial charge < -0.3 is 0 Å². The van der Waals surface area contributed by atoms with Crippen molar-refractivity contribution in [1.29, 1.82) is 0 Å². The number of fused-ring (bicyclic) bond motifs is 2. The number of hydrogen-bond donors (Lipinski definition) is 1. The molecular formula is C18H18N6OS. The molecule has 0 bridgehead atoms. The van der Waals surface area contributed by atoms with Crippen LogP contribution in [-0.4, -0.2) is 36.0 Å². The molecule has 0 aliphatic carbocycles. The first-order valence-corrected chi connectivity index (χ1v) is 9.54. The quantitative estimate of drug-likeness (QED) is 0.603. The Morgan fingerprint density at radius 3 is 3.04 bits per heavy atom. The second kappa shape index (κ2) is 6.00. The number of likely N-dealkylation sites (tertiary alicyclic amines) is 1. The predicted molar refractivity (Wildman–Crippen MR) is 100 cm³/mol. The zero-order valence-corrected chi connectivity index (χ0v) is 15.2. The third kappa shape index (κ3) is 2.62. The summed E-state index contributed by atoms with van der Waals surface area (Å²) in [5.74, 6) is 1.11. The minimum atomic E-state index is -0.124. The lowest BCUT2D eigenvalue weighted by atomic mass is 10.2. The first-order valence-electron chi connectivity index (χ1n) is 8.72. The van der Waals surface area contributed by atoms with Gasteiger partial charge in [-0.3, -0.25) is 14.8 Å². The van der Waals surface area contributed by atoms with Crippen LogP contribution in [0.2, 0.25) is 0 Å². The van der Waals surface area contributed by atoms with Gasteiger partial charge in [0.1, 0.15) is 10.8 Å². The SMILES string of the molecule is Cc1nc2nc(CN3CCCC3c3nc4ccccc4s3)cc(=O)n2[nH]1. The third-order valence-corrected chi connectivity index (χ3v) is 5.96. The fourth-order valence-electron chi connectivity index (χ4n) is 3.65. The maximum absolute atomic E-state index is 12.3. The molecule has 0 spiro atoms. The minimum Gasteiger partial charge on any atom is -0.288 e. The first kappa shape index (κ1) is 15.7. The number of H-pyrrole nitrogens is 1. The first-order chi connectivity index (χ1) is 12.7. The average molecular weight is 366 g/mol. The second-order valence-electron chi connectivity index (χ2n) is 6.68. The summed E-state index contributed by atoms with van der Waals surface area (Å²) < 4.78 is 2.60. The number of aromatic nitrogens is 5. The van der Waals surface area contributed by atoms with Crippen LogP contribution in [0, 0.1) is 6.92 Å². The standard InChI is InChI=1S/C18H18N6OS/c1-11-19-18-20-12(9-16(25)24(18)22-11)10-23-8-4-6-14(23)17-21-13-5-2-3-7-15(13)26-17/h2-3,5,7,9,14H,4,6,8,10H2,1H3,(H,19,20,22). The van der Waals surface area contributed by atoms with Crippen molar-refractivity contribution in [3.8, 4) is 0 Å². The molecule has 7 nitrogen and oxygen atoms in total. The summed E-state index contributed by atoms with van der Waals surface area (Å²) in [6, 6.07) is 10.1. The largest absolute Gasteiger partial charge is 0.288 e. The van der Waals surface area contributed by atoms with E-state index >= 15 is 0 Å². The van der Waals surface area contributed by atoms with Gasteiger partial charge in [0.25, 0.3) is 11.3 Å². The van der Waals surface area contributed by atoms with Crippen molar-refractivity contribution in [2.45, 2.75) is 32.4 Å². The normalized spacial score (nSPS) is 18.3. The van der Waals surface area contributed by atoms with E-state index < -0.39 is 0 Å². The lowest BCUT2D eigenvalue weighted by Crippen LogP contribution is -2.25. The van der Waals surface area contributed by atoms with Crippen LogP contribution in [0.25, 0.3) is 16.0 Å². The Labute approximate surface area is 153 Å². The molecule has 0 radical (unpaired) electrons. The van der Waals surface area contributed by atoms with Crippen molar-refractivity contribution in [3.63, 3.8) is 0 Å². The molecule has 4 aromatic rings. The Morgan fingerprint density at radius 1 is 1.27 bits per heavy atom. The smallest absolute Gasteiger partial charge is 0.274 e. The molecule has 4 heterocycles. The number of nitrogens with zero attached hydrogens (tertiary/aromatic N) is 5. The van der Waals surface area contributed by atoms with Gasteiger partial charge >= 0.3 is 0 Å². The average Bonchev–Trinajstić information content (AvgIpc) is 3.31. The van der Waals surface area contributed by atoms with E-state index in [1.54, 1.807) is 17.4 Å². The van der Waals surface area contributed by atoms with Crippen molar-refractivity contribution in [3.05, 3.63) is 57.2 Å². The number of aryl methyl sites for hydroxylation is 1. The van der Waals surface area contributed by atoms with E-state index in [2.05, 4.69) is 38.2 Å². The molecule has 1 fully saturated rings. The third-order valence-electron chi connectivity index (χ3n) is 4.82. The van der Waals surface area contributed by atoms with Crippen molar-refractivity contribution < 1.29 is 0 Å². The number of hydrogen-bond acceptors (Lipinski definition) is 6. The van der Waals surface area contributed by atoms with Gasteiger partial charge in [-0.25, -0.2) is 9.97 Å². The summed E-state index contributed by atoms with van der Waals surface area (Å²) in [5.41, 5.74) is 1.69. The van der Waals surface area contributed by atoms with Gasteiger partial charge in [0.2, 0.25) is 0 Å². The molecular weight excluding hydrogens is 348 g/mol. The Bertz CT molecular complexity index is 1130. The zero-order valence-electron chi connectivity index (χ0n) is 14.3. The molecule has 1 aromatic carbocycles. The Morgan fingerprint density at radius 2 is 2.15 bits per heavy atom. The van der Waals surface area contributed by atoms with Gasteiger partial charge in [-0.1, -0.05) is 12.1 Å². The molecule has 26 heavy (non-hydrogen) atoms. The van der Waals surface area contributed by atoms with Crippen molar-refractivity contribution in [1.82, 2.24) is 29.5 Å². The molecule has 0 saturated carbocycles. The van der Waals surface area contributed by atoms with Crippen LogP contribution >= 0.6 is 11.3 Å². The number of nitrogens with one attached hydrogen (secondary N) is 1. The second-order valence-corrected chi connectivity index (χ2v) is 7.74. The number of aromatic amines is 1. The zero-order chi connectivity index (χ0) is 17.7. The van der Waals surface area contributed by atoms with Crippen LogP contribution in [0.1, 0.15) is 35.4 Å². The van der Waals surface area contributed by atoms with Gasteiger partial charge in [-0.2, -0.15) is 9.50 Å². The summed E-state index contributed by atoms with van der Waals surface area (Å²) in [5, 5.41) is 4.06. The highest BCUT2D eigenvalue weighted by Gasteiger charge is 2.29. The fourth-order valence-corrected chi connectivity index (χ4v) is 4.79. The highest BCUT2D eigenvalue weighted by molar-refractivity contribution is 7.18. The number of thiazole rings is 1. The van der Waals surface area contributed by atoms with Crippen LogP contribution in [0.4, 0.5) is 0 Å². The van der Waals surface area contributed by atoms with Crippen LogP contribution in [0.15, 0.2) is 35.1 Å². The molecule has 1 aliphatic rings. The highest BCUT2D eigenvalue weighted by atomic mass is 32.1. The molecule has 1 atom stereocenters. The molecule has 132 valence electrons. The monoisotopic (exact) mass is 366 g/mol. The van der Waals surface area contributed by atoms with Crippen LogP contribution in [0.5, 0.6) is 0 Å². The number of rotatable bonds is 3. The molecule has 0 amide bonds. The minimum absolute atomic E-state index is 0.124. The molecule has 3 aromatic heterocycles. The van der Waals surface area contributed by atoms with E-state index in [4.69, 9.17) is 4.98 Å². The summed E-state index contributed by atoms with van der Waals surface area (Å²) >= 11 is 1.76. The van der Waals surface area contributed by atoms with Crippen LogP contribution in [-0.2, 0) is 6.54 Å². The summed E-state index contributed by atoms with van der Waals surface area (Å²) in [6.45, 7) is 3.44. The van der Waals surface area contributed by atoms with Crippen molar-refractivity contribution >= 4 is 27.3 Å². The lowest BCUT2D eigenvalue weighted by Gasteiger charge is -2.22. The molecule has 1 saturated heterocycles. The van der Waals surface area contributed by atoms with Gasteiger partial charge in [-0.05, 0) is 38.4 Å². The topological polar surface area (TPSA) is 79.2 Å². The van der Waals surface area contributed by atoms with Gasteiger partial charge in [-0.15, -0.1) is 11.3 Å². The van der Waals surface area contributed by atoms with E-state index in [0.29, 0.717) is 18.1 Å². The maximum Gasteiger partial charge on any atom is 0.274 e. The van der Waals surface area contributed by atoms with Crippen molar-refractivity contribution in [2.75, 3.05) is 6.54 Å². The fraction of sp³-hybridized carbons (Fsp3) is 0.333. The van der Waals surface area contributed by atoms with Crippen molar-refractivity contribution in [2.24, 2.45) is 0 Å². The number of benzene rings is 1. The molecule has 1 N–H and O–H groups in total. The van der Waals surface area contributed by atoms with E-state index in [0.717, 1.165) is 35.6 Å². The predicted octanol–water partition coefficient (Wildman–Crippen LogP) is 2.67. The van der Waals surface area contributed by atoms with Crippen LogP contribution < -0.4 is 5.56 Å². The Balaban J connectivity index is 1.46. The van der Waals surface area contributed by atoms with E-state index in [1.807, 2.05) is 13.0 Å². The Kier molecular flexibility index (Phi) is 3.61.